The Bertz CT molecular complexity index is 477. The van der Waals surface area contributed by atoms with Crippen molar-refractivity contribution >= 4 is 12.2 Å². The molecule has 0 atom stereocenters. The maximum Gasteiger partial charge on any atom is 0.195 e. The third kappa shape index (κ3) is 1.29. The smallest absolute Gasteiger partial charge is 0.195 e. The fourth-order valence-electron chi connectivity index (χ4n) is 1.10. The molecule has 0 aliphatic heterocycles. The predicted molar refractivity (Wildman–Crippen MR) is 50.6 cm³/mol. The second kappa shape index (κ2) is 2.81. The first-order valence-electron chi connectivity index (χ1n) is 3.78. The number of imidazole rings is 1. The fourth-order valence-corrected chi connectivity index (χ4v) is 1.24. The van der Waals surface area contributed by atoms with E-state index >= 15 is 0 Å². The molecule has 2 aromatic rings. The van der Waals surface area contributed by atoms with Gasteiger partial charge in [0.2, 0.25) is 0 Å². The van der Waals surface area contributed by atoms with Gasteiger partial charge in [0.1, 0.15) is 5.69 Å². The molecule has 0 bridgehead atoms. The lowest BCUT2D eigenvalue weighted by atomic mass is 10.4. The van der Waals surface area contributed by atoms with Gasteiger partial charge in [0.05, 0.1) is 6.33 Å². The van der Waals surface area contributed by atoms with Crippen molar-refractivity contribution in [1.82, 2.24) is 24.3 Å². The van der Waals surface area contributed by atoms with E-state index in [4.69, 9.17) is 12.2 Å². The van der Waals surface area contributed by atoms with Gasteiger partial charge in [-0.05, 0) is 12.2 Å². The number of nitrogens with zero attached hydrogens (tertiary/aromatic N) is 4. The van der Waals surface area contributed by atoms with E-state index in [1.54, 1.807) is 10.9 Å². The average molecular weight is 195 g/mol. The number of nitrogens with one attached hydrogen (secondary N) is 1. The Morgan fingerprint density at radius 1 is 1.46 bits per heavy atom. The lowest BCUT2D eigenvalue weighted by Gasteiger charge is -1.93. The van der Waals surface area contributed by atoms with Crippen molar-refractivity contribution in [2.75, 3.05) is 0 Å². The predicted octanol–water partition coefficient (Wildman–Crippen LogP) is 0.878. The van der Waals surface area contributed by atoms with Crippen LogP contribution in [0.2, 0.25) is 0 Å². The molecule has 2 heterocycles. The average Bonchev–Trinajstić information content (AvgIpc) is 2.62. The number of hydrogen-bond donors (Lipinski definition) is 1. The van der Waals surface area contributed by atoms with Crippen molar-refractivity contribution < 1.29 is 0 Å². The Labute approximate surface area is 80.0 Å². The van der Waals surface area contributed by atoms with E-state index in [1.807, 2.05) is 24.9 Å². The Balaban J connectivity index is 2.58. The highest BCUT2D eigenvalue weighted by atomic mass is 32.1. The Morgan fingerprint density at radius 3 is 2.69 bits per heavy atom. The first kappa shape index (κ1) is 8.18. The maximum absolute atomic E-state index is 4.99. The van der Waals surface area contributed by atoms with E-state index in [1.165, 1.54) is 0 Å². The molecule has 0 spiro atoms. The summed E-state index contributed by atoms with van der Waals surface area (Å²) in [5.74, 6) is 0.755. The molecule has 2 aromatic heterocycles. The van der Waals surface area contributed by atoms with Crippen molar-refractivity contribution in [3.8, 4) is 11.5 Å². The van der Waals surface area contributed by atoms with Crippen molar-refractivity contribution in [3.63, 3.8) is 0 Å². The summed E-state index contributed by atoms with van der Waals surface area (Å²) in [6, 6.07) is 0. The number of H-pyrrole nitrogens is 1. The summed E-state index contributed by atoms with van der Waals surface area (Å²) in [4.78, 5) is 4.17. The zero-order valence-electron chi connectivity index (χ0n) is 7.35. The summed E-state index contributed by atoms with van der Waals surface area (Å²) < 4.78 is 4.26. The van der Waals surface area contributed by atoms with Crippen LogP contribution < -0.4 is 0 Å². The second-order valence-corrected chi connectivity index (χ2v) is 3.22. The Kier molecular flexibility index (Phi) is 1.77. The summed E-state index contributed by atoms with van der Waals surface area (Å²) >= 11 is 4.99. The van der Waals surface area contributed by atoms with Crippen LogP contribution >= 0.6 is 12.2 Å². The van der Waals surface area contributed by atoms with Crippen LogP contribution in [-0.4, -0.2) is 24.3 Å². The van der Waals surface area contributed by atoms with Crippen LogP contribution in [0.1, 0.15) is 0 Å². The molecule has 5 nitrogen and oxygen atoms in total. The van der Waals surface area contributed by atoms with Gasteiger partial charge >= 0.3 is 0 Å². The second-order valence-electron chi connectivity index (χ2n) is 2.84. The minimum atomic E-state index is 0.598. The van der Waals surface area contributed by atoms with E-state index in [0.717, 1.165) is 11.5 Å². The molecule has 0 radical (unpaired) electrons. The topological polar surface area (TPSA) is 51.4 Å². The first-order chi connectivity index (χ1) is 6.18. The van der Waals surface area contributed by atoms with E-state index in [2.05, 4.69) is 15.2 Å². The monoisotopic (exact) mass is 195 g/mol. The quantitative estimate of drug-likeness (QED) is 0.687. The van der Waals surface area contributed by atoms with Gasteiger partial charge in [0.25, 0.3) is 0 Å². The molecular formula is C7H9N5S. The minimum Gasteiger partial charge on any atom is -0.340 e. The molecule has 0 unspecified atom stereocenters. The zero-order valence-corrected chi connectivity index (χ0v) is 8.17. The third-order valence-electron chi connectivity index (χ3n) is 1.81. The molecule has 0 saturated heterocycles. The van der Waals surface area contributed by atoms with Crippen LogP contribution in [0.15, 0.2) is 12.5 Å². The molecule has 6 heteroatoms. The molecule has 0 aromatic carbocycles. The third-order valence-corrected chi connectivity index (χ3v) is 2.18. The summed E-state index contributed by atoms with van der Waals surface area (Å²) in [6.07, 6.45) is 3.62. The number of aryl methyl sites for hydroxylation is 1. The summed E-state index contributed by atoms with van der Waals surface area (Å²) in [6.45, 7) is 0. The highest BCUT2D eigenvalue weighted by Gasteiger charge is 2.07. The van der Waals surface area contributed by atoms with Gasteiger partial charge in [-0.2, -0.15) is 5.10 Å². The van der Waals surface area contributed by atoms with E-state index in [9.17, 15) is 0 Å². The SMILES string of the molecule is Cn1cnc(-c2n[nH]c(=S)n2C)c1. The molecule has 0 aliphatic rings. The highest BCUT2D eigenvalue weighted by Crippen LogP contribution is 2.11. The minimum absolute atomic E-state index is 0.598. The van der Waals surface area contributed by atoms with Crippen molar-refractivity contribution in [3.05, 3.63) is 17.3 Å². The molecule has 1 N–H and O–H groups in total. The molecule has 13 heavy (non-hydrogen) atoms. The van der Waals surface area contributed by atoms with Crippen molar-refractivity contribution in [2.24, 2.45) is 14.1 Å². The standard InChI is InChI=1S/C7H9N5S/c1-11-3-5(8-4-11)6-9-10-7(13)12(6)2/h3-4H,1-2H3,(H,10,13). The number of aromatic nitrogens is 5. The van der Waals surface area contributed by atoms with E-state index in [0.29, 0.717) is 4.77 Å². The van der Waals surface area contributed by atoms with Crippen LogP contribution in [0.25, 0.3) is 11.5 Å². The normalized spacial score (nSPS) is 10.6. The van der Waals surface area contributed by atoms with Gasteiger partial charge in [-0.1, -0.05) is 0 Å². The number of aromatic amines is 1. The lowest BCUT2D eigenvalue weighted by molar-refractivity contribution is 0.897. The van der Waals surface area contributed by atoms with Gasteiger partial charge in [-0.3, -0.25) is 5.10 Å². The van der Waals surface area contributed by atoms with Gasteiger partial charge in [0.15, 0.2) is 10.6 Å². The van der Waals surface area contributed by atoms with Crippen LogP contribution in [0, 0.1) is 4.77 Å². The molecule has 0 amide bonds. The van der Waals surface area contributed by atoms with Crippen molar-refractivity contribution in [2.45, 2.75) is 0 Å². The number of rotatable bonds is 1. The van der Waals surface area contributed by atoms with Crippen LogP contribution in [0.3, 0.4) is 0 Å². The van der Waals surface area contributed by atoms with E-state index < -0.39 is 0 Å². The number of hydrogen-bond acceptors (Lipinski definition) is 3. The summed E-state index contributed by atoms with van der Waals surface area (Å²) in [7, 11) is 3.77. The molecule has 0 aliphatic carbocycles. The molecule has 2 rings (SSSR count). The summed E-state index contributed by atoms with van der Waals surface area (Å²) in [5, 5.41) is 6.78. The van der Waals surface area contributed by atoms with Gasteiger partial charge in [-0.15, -0.1) is 0 Å². The van der Waals surface area contributed by atoms with Gasteiger partial charge in [-0.25, -0.2) is 4.98 Å². The van der Waals surface area contributed by atoms with Crippen LogP contribution in [0.4, 0.5) is 0 Å². The zero-order chi connectivity index (χ0) is 9.42. The molecular weight excluding hydrogens is 186 g/mol. The molecule has 68 valence electrons. The van der Waals surface area contributed by atoms with Gasteiger partial charge in [0, 0.05) is 20.3 Å². The van der Waals surface area contributed by atoms with Crippen LogP contribution in [-0.2, 0) is 14.1 Å². The largest absolute Gasteiger partial charge is 0.340 e. The molecule has 0 saturated carbocycles. The highest BCUT2D eigenvalue weighted by molar-refractivity contribution is 7.71. The lowest BCUT2D eigenvalue weighted by Crippen LogP contribution is -1.92. The van der Waals surface area contributed by atoms with Crippen LogP contribution in [0.5, 0.6) is 0 Å². The Hall–Kier alpha value is -1.43. The Morgan fingerprint density at radius 2 is 2.23 bits per heavy atom. The molecule has 0 fully saturated rings. The fraction of sp³-hybridized carbons (Fsp3) is 0.286. The summed E-state index contributed by atoms with van der Waals surface area (Å²) in [5.41, 5.74) is 0.817. The van der Waals surface area contributed by atoms with Gasteiger partial charge < -0.3 is 9.13 Å². The maximum atomic E-state index is 4.99. The van der Waals surface area contributed by atoms with E-state index in [-0.39, 0.29) is 0 Å². The van der Waals surface area contributed by atoms with Crippen molar-refractivity contribution in [1.29, 1.82) is 0 Å². The first-order valence-corrected chi connectivity index (χ1v) is 4.19.